The fourth-order valence-electron chi connectivity index (χ4n) is 4.59. The second kappa shape index (κ2) is 9.25. The van der Waals surface area contributed by atoms with Crippen molar-refractivity contribution in [3.63, 3.8) is 0 Å². The number of carbonyl (C=O) groups is 1. The Morgan fingerprint density at radius 3 is 2.61 bits per heavy atom. The summed E-state index contributed by atoms with van der Waals surface area (Å²) in [5.41, 5.74) is -1.06. The highest BCUT2D eigenvalue weighted by molar-refractivity contribution is 7.89. The first-order valence-corrected chi connectivity index (χ1v) is 12.1. The average Bonchev–Trinajstić information content (AvgIpc) is 3.27. The van der Waals surface area contributed by atoms with E-state index < -0.39 is 26.7 Å². The molecule has 1 aliphatic carbocycles. The Morgan fingerprint density at radius 1 is 1.29 bits per heavy atom. The molecule has 174 valence electrons. The minimum absolute atomic E-state index is 0.0452. The summed E-state index contributed by atoms with van der Waals surface area (Å²) in [5, 5.41) is 5.79. The third kappa shape index (κ3) is 5.02. The van der Waals surface area contributed by atoms with E-state index in [2.05, 4.69) is 10.6 Å². The van der Waals surface area contributed by atoms with E-state index in [1.807, 2.05) is 6.92 Å². The zero-order chi connectivity index (χ0) is 23.0. The number of fused-ring (bicyclic) bond motifs is 1. The normalized spacial score (nSPS) is 25.4. The van der Waals surface area contributed by atoms with Gasteiger partial charge in [-0.2, -0.15) is 17.5 Å². The fraction of sp³-hybridized carbons (Fsp3) is 0.650. The van der Waals surface area contributed by atoms with Crippen LogP contribution >= 0.6 is 11.6 Å². The predicted octanol–water partition coefficient (Wildman–Crippen LogP) is 3.26. The maximum atomic E-state index is 13.1. The highest BCUT2D eigenvalue weighted by atomic mass is 35.5. The third-order valence-electron chi connectivity index (χ3n) is 6.27. The van der Waals surface area contributed by atoms with Crippen LogP contribution in [0, 0.1) is 11.8 Å². The van der Waals surface area contributed by atoms with E-state index in [1.54, 1.807) is 7.05 Å². The summed E-state index contributed by atoms with van der Waals surface area (Å²) in [4.78, 5) is 12.0. The van der Waals surface area contributed by atoms with Crippen LogP contribution in [-0.4, -0.2) is 50.9 Å². The molecule has 2 aliphatic rings. The molecule has 3 rings (SSSR count). The first-order chi connectivity index (χ1) is 14.5. The van der Waals surface area contributed by atoms with Crippen LogP contribution in [0.25, 0.3) is 0 Å². The SMILES string of the molecule is CCC[C@H](NC)C(=O)N[C@H]1CC[C@@H]2CN(S(=O)(=O)c3cc(C(F)(F)F)ccc3Cl)C[C@@H]21. The lowest BCUT2D eigenvalue weighted by Gasteiger charge is -2.24. The number of amides is 1. The Kier molecular flexibility index (Phi) is 7.25. The van der Waals surface area contributed by atoms with Gasteiger partial charge in [-0.25, -0.2) is 8.42 Å². The Morgan fingerprint density at radius 2 is 2.00 bits per heavy atom. The van der Waals surface area contributed by atoms with E-state index in [-0.39, 0.29) is 47.9 Å². The molecule has 0 spiro atoms. The molecule has 1 aromatic carbocycles. The van der Waals surface area contributed by atoms with Crippen LogP contribution in [0.2, 0.25) is 5.02 Å². The van der Waals surface area contributed by atoms with Crippen molar-refractivity contribution in [2.75, 3.05) is 20.1 Å². The van der Waals surface area contributed by atoms with Gasteiger partial charge in [0.25, 0.3) is 0 Å². The zero-order valence-corrected chi connectivity index (χ0v) is 18.9. The summed E-state index contributed by atoms with van der Waals surface area (Å²) >= 11 is 5.97. The molecule has 11 heteroatoms. The van der Waals surface area contributed by atoms with E-state index in [9.17, 15) is 26.4 Å². The van der Waals surface area contributed by atoms with Gasteiger partial charge in [-0.3, -0.25) is 4.79 Å². The average molecular weight is 482 g/mol. The number of alkyl halides is 3. The van der Waals surface area contributed by atoms with E-state index in [0.717, 1.165) is 31.4 Å². The van der Waals surface area contributed by atoms with Gasteiger partial charge in [0.15, 0.2) is 0 Å². The van der Waals surface area contributed by atoms with Crippen LogP contribution in [0.15, 0.2) is 23.1 Å². The molecular weight excluding hydrogens is 455 g/mol. The van der Waals surface area contributed by atoms with Gasteiger partial charge in [0, 0.05) is 19.1 Å². The molecule has 6 nitrogen and oxygen atoms in total. The van der Waals surface area contributed by atoms with Crippen molar-refractivity contribution in [2.45, 2.75) is 55.8 Å². The second-order valence-electron chi connectivity index (χ2n) is 8.21. The first-order valence-electron chi connectivity index (χ1n) is 10.3. The molecule has 1 aromatic rings. The summed E-state index contributed by atoms with van der Waals surface area (Å²) < 4.78 is 66.7. The number of hydrogen-bond donors (Lipinski definition) is 2. The van der Waals surface area contributed by atoms with Crippen LogP contribution in [0.5, 0.6) is 0 Å². The number of nitrogens with one attached hydrogen (secondary N) is 2. The molecule has 0 unspecified atom stereocenters. The first kappa shape index (κ1) is 24.3. The smallest absolute Gasteiger partial charge is 0.352 e. The topological polar surface area (TPSA) is 78.5 Å². The van der Waals surface area contributed by atoms with Crippen molar-refractivity contribution in [1.82, 2.24) is 14.9 Å². The summed E-state index contributed by atoms with van der Waals surface area (Å²) in [6.07, 6.45) is -1.64. The fourth-order valence-corrected chi connectivity index (χ4v) is 6.63. The van der Waals surface area contributed by atoms with Crippen LogP contribution in [0.3, 0.4) is 0 Å². The zero-order valence-electron chi connectivity index (χ0n) is 17.4. The number of sulfonamides is 1. The van der Waals surface area contributed by atoms with E-state index >= 15 is 0 Å². The van der Waals surface area contributed by atoms with Crippen molar-refractivity contribution in [3.05, 3.63) is 28.8 Å². The van der Waals surface area contributed by atoms with E-state index in [0.29, 0.717) is 12.5 Å². The number of likely N-dealkylation sites (N-methyl/N-ethyl adjacent to an activating group) is 1. The molecule has 2 fully saturated rings. The molecule has 1 amide bonds. The molecule has 1 aliphatic heterocycles. The van der Waals surface area contributed by atoms with Gasteiger partial charge in [0.05, 0.1) is 16.6 Å². The lowest BCUT2D eigenvalue weighted by atomic mass is 9.97. The monoisotopic (exact) mass is 481 g/mol. The van der Waals surface area contributed by atoms with Gasteiger partial charge in [-0.05, 0) is 56.3 Å². The van der Waals surface area contributed by atoms with Crippen LogP contribution < -0.4 is 10.6 Å². The summed E-state index contributed by atoms with van der Waals surface area (Å²) in [7, 11) is -2.48. The van der Waals surface area contributed by atoms with E-state index in [1.165, 1.54) is 4.31 Å². The van der Waals surface area contributed by atoms with Crippen molar-refractivity contribution >= 4 is 27.5 Å². The Labute approximate surface area is 185 Å². The van der Waals surface area contributed by atoms with Crippen LogP contribution in [0.1, 0.15) is 38.2 Å². The third-order valence-corrected chi connectivity index (χ3v) is 8.58. The molecular formula is C20H27ClF3N3O3S. The minimum atomic E-state index is -4.67. The minimum Gasteiger partial charge on any atom is -0.352 e. The summed E-state index contributed by atoms with van der Waals surface area (Å²) in [5.74, 6) is -0.150. The predicted molar refractivity (Wildman–Crippen MR) is 111 cm³/mol. The standard InChI is InChI=1S/C20H27ClF3N3O3S/c1-3-4-17(25-2)19(28)26-16-8-5-12-10-27(11-14(12)16)31(29,30)18-9-13(20(22,23)24)6-7-15(18)21/h6-7,9,12,14,16-17,25H,3-5,8,10-11H2,1-2H3,(H,26,28)/t12-,14+,16+,17+/m1/s1. The Bertz CT molecular complexity index is 926. The van der Waals surface area contributed by atoms with Gasteiger partial charge in [-0.1, -0.05) is 24.9 Å². The van der Waals surface area contributed by atoms with Crippen molar-refractivity contribution in [2.24, 2.45) is 11.8 Å². The Hall–Kier alpha value is -1.36. The molecule has 1 saturated heterocycles. The molecule has 4 atom stereocenters. The number of rotatable bonds is 7. The molecule has 1 saturated carbocycles. The molecule has 0 aromatic heterocycles. The van der Waals surface area contributed by atoms with Crippen molar-refractivity contribution in [1.29, 1.82) is 0 Å². The largest absolute Gasteiger partial charge is 0.416 e. The second-order valence-corrected chi connectivity index (χ2v) is 10.5. The quantitative estimate of drug-likeness (QED) is 0.626. The highest BCUT2D eigenvalue weighted by Gasteiger charge is 2.47. The number of hydrogen-bond acceptors (Lipinski definition) is 4. The van der Waals surface area contributed by atoms with Gasteiger partial charge in [0.2, 0.25) is 15.9 Å². The maximum absolute atomic E-state index is 13.1. The van der Waals surface area contributed by atoms with Gasteiger partial charge >= 0.3 is 6.18 Å². The number of nitrogens with zero attached hydrogens (tertiary/aromatic N) is 1. The number of halogens is 4. The van der Waals surface area contributed by atoms with Crippen molar-refractivity contribution < 1.29 is 26.4 Å². The van der Waals surface area contributed by atoms with Gasteiger partial charge in [0.1, 0.15) is 4.90 Å². The molecule has 31 heavy (non-hydrogen) atoms. The highest BCUT2D eigenvalue weighted by Crippen LogP contribution is 2.42. The molecule has 0 radical (unpaired) electrons. The van der Waals surface area contributed by atoms with Crippen LogP contribution in [-0.2, 0) is 21.0 Å². The number of benzene rings is 1. The Balaban J connectivity index is 1.76. The number of carbonyl (C=O) groups excluding carboxylic acids is 1. The lowest BCUT2D eigenvalue weighted by Crippen LogP contribution is -2.48. The summed E-state index contributed by atoms with van der Waals surface area (Å²) in [6.45, 7) is 2.33. The summed E-state index contributed by atoms with van der Waals surface area (Å²) in [6, 6.07) is 1.84. The molecule has 2 N–H and O–H groups in total. The van der Waals surface area contributed by atoms with Crippen LogP contribution in [0.4, 0.5) is 13.2 Å². The molecule has 0 bridgehead atoms. The lowest BCUT2D eigenvalue weighted by molar-refractivity contribution is -0.137. The van der Waals surface area contributed by atoms with Gasteiger partial charge < -0.3 is 10.6 Å². The van der Waals surface area contributed by atoms with Crippen molar-refractivity contribution in [3.8, 4) is 0 Å². The molecule has 1 heterocycles. The van der Waals surface area contributed by atoms with E-state index in [4.69, 9.17) is 11.6 Å². The van der Waals surface area contributed by atoms with Gasteiger partial charge in [-0.15, -0.1) is 0 Å². The maximum Gasteiger partial charge on any atom is 0.416 e.